The minimum Gasteiger partial charge on any atom is -0.296 e. The van der Waals surface area contributed by atoms with E-state index in [1.807, 2.05) is 0 Å². The van der Waals surface area contributed by atoms with Gasteiger partial charge in [-0.3, -0.25) is 4.84 Å². The van der Waals surface area contributed by atoms with Crippen LogP contribution in [0.1, 0.15) is 45.1 Å². The van der Waals surface area contributed by atoms with Gasteiger partial charge in [0.1, 0.15) is 0 Å². The molecule has 1 aromatic rings. The lowest BCUT2D eigenvalue weighted by molar-refractivity contribution is -0.101. The molecule has 1 aliphatic carbocycles. The molecule has 3 heteroatoms. The third kappa shape index (κ3) is 3.54. The van der Waals surface area contributed by atoms with Crippen LogP contribution in [0.25, 0.3) is 0 Å². The lowest BCUT2D eigenvalue weighted by atomic mass is 9.76. The van der Waals surface area contributed by atoms with Crippen molar-refractivity contribution in [2.75, 3.05) is 0 Å². The van der Waals surface area contributed by atoms with E-state index in [1.165, 1.54) is 10.0 Å². The molecule has 2 nitrogen and oxygen atoms in total. The van der Waals surface area contributed by atoms with Crippen LogP contribution in [0.5, 0.6) is 0 Å². The molecule has 94 valence electrons. The summed E-state index contributed by atoms with van der Waals surface area (Å²) in [6, 6.07) is 8.97. The van der Waals surface area contributed by atoms with Gasteiger partial charge in [-0.15, -0.1) is 0 Å². The van der Waals surface area contributed by atoms with Gasteiger partial charge in [0.15, 0.2) is 0 Å². The third-order valence-electron chi connectivity index (χ3n) is 3.01. The summed E-state index contributed by atoms with van der Waals surface area (Å²) < 4.78 is 1.22. The Hall–Kier alpha value is -0.380. The average molecular weight is 298 g/mol. The Labute approximate surface area is 112 Å². The summed E-state index contributed by atoms with van der Waals surface area (Å²) in [5.41, 5.74) is 4.47. The predicted octanol–water partition coefficient (Wildman–Crippen LogP) is 4.01. The fourth-order valence-corrected chi connectivity index (χ4v) is 2.64. The Balaban J connectivity index is 1.81. The molecule has 0 bridgehead atoms. The van der Waals surface area contributed by atoms with E-state index >= 15 is 0 Å². The molecule has 0 spiro atoms. The number of nitrogens with one attached hydrogen (secondary N) is 1. The van der Waals surface area contributed by atoms with Gasteiger partial charge in [0.05, 0.1) is 5.60 Å². The van der Waals surface area contributed by atoms with Gasteiger partial charge in [0.2, 0.25) is 0 Å². The highest BCUT2D eigenvalue weighted by Gasteiger charge is 2.32. The molecule has 0 radical (unpaired) electrons. The van der Waals surface area contributed by atoms with E-state index in [1.54, 1.807) is 0 Å². The minimum absolute atomic E-state index is 0.113. The van der Waals surface area contributed by atoms with E-state index in [0.717, 1.165) is 12.8 Å². The van der Waals surface area contributed by atoms with Gasteiger partial charge in [-0.1, -0.05) is 34.1 Å². The molecule has 1 saturated carbocycles. The Bertz CT molecular complexity index is 380. The smallest absolute Gasteiger partial charge is 0.0813 e. The van der Waals surface area contributed by atoms with Crippen LogP contribution in [0, 0.1) is 0 Å². The first-order valence-corrected chi connectivity index (χ1v) is 6.93. The second kappa shape index (κ2) is 5.09. The first-order valence-electron chi connectivity index (χ1n) is 6.13. The number of halogens is 1. The standard InChI is InChI=1S/C14H20BrNO/c1-14(2,3)17-16-11-8-10(9-11)12-6-4-5-7-13(12)15/h4-7,10-11,16H,8-9H2,1-3H3. The number of rotatable bonds is 3. The molecule has 0 aromatic heterocycles. The van der Waals surface area contributed by atoms with Crippen LogP contribution in [-0.4, -0.2) is 11.6 Å². The summed E-state index contributed by atoms with van der Waals surface area (Å²) in [6.07, 6.45) is 2.30. The summed E-state index contributed by atoms with van der Waals surface area (Å²) >= 11 is 3.61. The zero-order valence-electron chi connectivity index (χ0n) is 10.7. The van der Waals surface area contributed by atoms with Crippen molar-refractivity contribution < 1.29 is 4.84 Å². The molecule has 0 saturated heterocycles. The van der Waals surface area contributed by atoms with Crippen molar-refractivity contribution in [2.45, 2.75) is 51.2 Å². The fraction of sp³-hybridized carbons (Fsp3) is 0.571. The summed E-state index contributed by atoms with van der Waals surface area (Å²) in [7, 11) is 0. The highest BCUT2D eigenvalue weighted by molar-refractivity contribution is 9.10. The molecular formula is C14H20BrNO. The van der Waals surface area contributed by atoms with E-state index in [2.05, 4.69) is 66.4 Å². The molecule has 1 aliphatic rings. The van der Waals surface area contributed by atoms with E-state index in [4.69, 9.17) is 4.84 Å². The van der Waals surface area contributed by atoms with Gasteiger partial charge in [-0.05, 0) is 51.2 Å². The minimum atomic E-state index is -0.113. The molecule has 1 N–H and O–H groups in total. The molecule has 17 heavy (non-hydrogen) atoms. The molecular weight excluding hydrogens is 278 g/mol. The van der Waals surface area contributed by atoms with E-state index in [0.29, 0.717) is 12.0 Å². The van der Waals surface area contributed by atoms with Crippen molar-refractivity contribution in [3.8, 4) is 0 Å². The van der Waals surface area contributed by atoms with Crippen LogP contribution >= 0.6 is 15.9 Å². The zero-order chi connectivity index (χ0) is 12.5. The summed E-state index contributed by atoms with van der Waals surface area (Å²) in [6.45, 7) is 6.18. The zero-order valence-corrected chi connectivity index (χ0v) is 12.3. The van der Waals surface area contributed by atoms with Crippen LogP contribution in [0.4, 0.5) is 0 Å². The molecule has 1 fully saturated rings. The van der Waals surface area contributed by atoms with Gasteiger partial charge >= 0.3 is 0 Å². The van der Waals surface area contributed by atoms with Crippen molar-refractivity contribution in [1.29, 1.82) is 0 Å². The Kier molecular flexibility index (Phi) is 3.91. The predicted molar refractivity (Wildman–Crippen MR) is 73.9 cm³/mol. The molecule has 0 atom stereocenters. The van der Waals surface area contributed by atoms with Crippen LogP contribution in [0.2, 0.25) is 0 Å². The van der Waals surface area contributed by atoms with Gasteiger partial charge in [-0.2, -0.15) is 5.48 Å². The van der Waals surface area contributed by atoms with Gasteiger partial charge in [0.25, 0.3) is 0 Å². The van der Waals surface area contributed by atoms with Crippen LogP contribution in [0.15, 0.2) is 28.7 Å². The first kappa shape index (κ1) is 13.1. The Morgan fingerprint density at radius 1 is 1.24 bits per heavy atom. The number of hydrogen-bond donors (Lipinski definition) is 1. The second-order valence-corrected chi connectivity index (χ2v) is 6.57. The Morgan fingerprint density at radius 3 is 2.47 bits per heavy atom. The third-order valence-corrected chi connectivity index (χ3v) is 3.74. The lowest BCUT2D eigenvalue weighted by Gasteiger charge is -2.37. The lowest BCUT2D eigenvalue weighted by Crippen LogP contribution is -2.43. The van der Waals surface area contributed by atoms with Crippen LogP contribution in [0.3, 0.4) is 0 Å². The van der Waals surface area contributed by atoms with Crippen LogP contribution < -0.4 is 5.48 Å². The molecule has 0 amide bonds. The fourth-order valence-electron chi connectivity index (χ4n) is 2.03. The topological polar surface area (TPSA) is 21.3 Å². The molecule has 1 aromatic carbocycles. The number of hydroxylamine groups is 1. The van der Waals surface area contributed by atoms with Crippen molar-refractivity contribution in [3.63, 3.8) is 0 Å². The molecule has 2 rings (SSSR count). The van der Waals surface area contributed by atoms with Crippen molar-refractivity contribution in [2.24, 2.45) is 0 Å². The van der Waals surface area contributed by atoms with E-state index in [-0.39, 0.29) is 5.60 Å². The summed E-state index contributed by atoms with van der Waals surface area (Å²) in [5, 5.41) is 0. The maximum Gasteiger partial charge on any atom is 0.0813 e. The first-order chi connectivity index (χ1) is 7.96. The highest BCUT2D eigenvalue weighted by atomic mass is 79.9. The summed E-state index contributed by atoms with van der Waals surface area (Å²) in [5.74, 6) is 0.659. The summed E-state index contributed by atoms with van der Waals surface area (Å²) in [4.78, 5) is 5.59. The average Bonchev–Trinajstić information content (AvgIpc) is 2.16. The number of hydrogen-bond acceptors (Lipinski definition) is 2. The SMILES string of the molecule is CC(C)(C)ONC1CC(c2ccccc2Br)C1. The number of benzene rings is 1. The van der Waals surface area contributed by atoms with Gasteiger partial charge < -0.3 is 0 Å². The normalized spacial score (nSPS) is 24.5. The quantitative estimate of drug-likeness (QED) is 0.851. The van der Waals surface area contributed by atoms with Crippen molar-refractivity contribution in [3.05, 3.63) is 34.3 Å². The monoisotopic (exact) mass is 297 g/mol. The highest BCUT2D eigenvalue weighted by Crippen LogP contribution is 2.40. The maximum atomic E-state index is 5.59. The van der Waals surface area contributed by atoms with Crippen LogP contribution in [-0.2, 0) is 4.84 Å². The molecule has 0 unspecified atom stereocenters. The van der Waals surface area contributed by atoms with Crippen molar-refractivity contribution in [1.82, 2.24) is 5.48 Å². The van der Waals surface area contributed by atoms with Gasteiger partial charge in [-0.25, -0.2) is 0 Å². The Morgan fingerprint density at radius 2 is 1.88 bits per heavy atom. The maximum absolute atomic E-state index is 5.59. The second-order valence-electron chi connectivity index (χ2n) is 5.72. The van der Waals surface area contributed by atoms with Gasteiger partial charge in [0, 0.05) is 10.5 Å². The van der Waals surface area contributed by atoms with Crippen molar-refractivity contribution >= 4 is 15.9 Å². The van der Waals surface area contributed by atoms with E-state index in [9.17, 15) is 0 Å². The largest absolute Gasteiger partial charge is 0.296 e. The molecule has 0 heterocycles. The molecule has 0 aliphatic heterocycles. The van der Waals surface area contributed by atoms with E-state index < -0.39 is 0 Å².